The molecule has 3 heteroatoms. The highest BCUT2D eigenvalue weighted by Gasteiger charge is 2.28. The van der Waals surface area contributed by atoms with Crippen molar-refractivity contribution in [3.63, 3.8) is 0 Å². The Labute approximate surface area is 104 Å². The zero-order chi connectivity index (χ0) is 12.5. The fraction of sp³-hybridized carbons (Fsp3) is 0.786. The third-order valence-electron chi connectivity index (χ3n) is 3.87. The largest absolute Gasteiger partial charge is 0.361 e. The van der Waals surface area contributed by atoms with E-state index < -0.39 is 0 Å². The number of piperidine rings is 1. The van der Waals surface area contributed by atoms with E-state index in [1.807, 2.05) is 13.0 Å². The minimum absolute atomic E-state index is 0.455. The Morgan fingerprint density at radius 3 is 2.47 bits per heavy atom. The van der Waals surface area contributed by atoms with Crippen LogP contribution in [0.25, 0.3) is 0 Å². The van der Waals surface area contributed by atoms with Crippen LogP contribution in [0.4, 0.5) is 0 Å². The SMILES string of the molecule is Cc1cc(CN2CCC(C(C)(C)C)CC2)no1. The van der Waals surface area contributed by atoms with Gasteiger partial charge in [0.25, 0.3) is 0 Å². The molecule has 0 N–H and O–H groups in total. The van der Waals surface area contributed by atoms with Gasteiger partial charge in [-0.1, -0.05) is 25.9 Å². The van der Waals surface area contributed by atoms with Gasteiger partial charge in [0.05, 0.1) is 5.69 Å². The molecule has 96 valence electrons. The lowest BCUT2D eigenvalue weighted by molar-refractivity contribution is 0.106. The molecule has 0 amide bonds. The van der Waals surface area contributed by atoms with E-state index in [0.29, 0.717) is 5.41 Å². The van der Waals surface area contributed by atoms with Gasteiger partial charge in [0, 0.05) is 12.6 Å². The highest BCUT2D eigenvalue weighted by molar-refractivity contribution is 5.03. The molecule has 1 saturated heterocycles. The molecule has 0 saturated carbocycles. The normalized spacial score (nSPS) is 19.8. The molecule has 2 heterocycles. The Morgan fingerprint density at radius 2 is 2.00 bits per heavy atom. The van der Waals surface area contributed by atoms with Crippen molar-refractivity contribution in [2.75, 3.05) is 13.1 Å². The molecular formula is C14H24N2O. The second kappa shape index (κ2) is 4.81. The molecule has 1 aromatic rings. The molecule has 0 unspecified atom stereocenters. The fourth-order valence-electron chi connectivity index (χ4n) is 2.68. The van der Waals surface area contributed by atoms with Crippen molar-refractivity contribution in [3.8, 4) is 0 Å². The summed E-state index contributed by atoms with van der Waals surface area (Å²) in [6, 6.07) is 2.04. The summed E-state index contributed by atoms with van der Waals surface area (Å²) < 4.78 is 5.10. The quantitative estimate of drug-likeness (QED) is 0.789. The lowest BCUT2D eigenvalue weighted by Crippen LogP contribution is -2.37. The molecule has 0 bridgehead atoms. The third-order valence-corrected chi connectivity index (χ3v) is 3.87. The summed E-state index contributed by atoms with van der Waals surface area (Å²) >= 11 is 0. The molecule has 0 radical (unpaired) electrons. The zero-order valence-electron chi connectivity index (χ0n) is 11.5. The van der Waals surface area contributed by atoms with Crippen molar-refractivity contribution in [1.82, 2.24) is 10.1 Å². The maximum Gasteiger partial charge on any atom is 0.133 e. The highest BCUT2D eigenvalue weighted by Crippen LogP contribution is 2.34. The second-order valence-corrected chi connectivity index (χ2v) is 6.35. The van der Waals surface area contributed by atoms with Crippen LogP contribution < -0.4 is 0 Å². The summed E-state index contributed by atoms with van der Waals surface area (Å²) in [4.78, 5) is 2.49. The van der Waals surface area contributed by atoms with Crippen molar-refractivity contribution < 1.29 is 4.52 Å². The molecule has 1 fully saturated rings. The van der Waals surface area contributed by atoms with Crippen molar-refractivity contribution in [1.29, 1.82) is 0 Å². The average Bonchev–Trinajstić information content (AvgIpc) is 2.63. The van der Waals surface area contributed by atoms with Crippen molar-refractivity contribution in [2.45, 2.75) is 47.1 Å². The number of nitrogens with zero attached hydrogens (tertiary/aromatic N) is 2. The van der Waals surface area contributed by atoms with E-state index in [1.165, 1.54) is 25.9 Å². The third kappa shape index (κ3) is 3.32. The number of likely N-dealkylation sites (tertiary alicyclic amines) is 1. The number of hydrogen-bond acceptors (Lipinski definition) is 3. The lowest BCUT2D eigenvalue weighted by atomic mass is 9.75. The van der Waals surface area contributed by atoms with Gasteiger partial charge in [-0.3, -0.25) is 4.90 Å². The standard InChI is InChI=1S/C14H24N2O/c1-11-9-13(15-17-11)10-16-7-5-12(6-8-16)14(2,3)4/h9,12H,5-8,10H2,1-4H3. The van der Waals surface area contributed by atoms with Gasteiger partial charge in [0.15, 0.2) is 0 Å². The Morgan fingerprint density at radius 1 is 1.35 bits per heavy atom. The average molecular weight is 236 g/mol. The first-order valence-corrected chi connectivity index (χ1v) is 6.60. The van der Waals surface area contributed by atoms with E-state index in [4.69, 9.17) is 4.52 Å². The van der Waals surface area contributed by atoms with Crippen molar-refractivity contribution >= 4 is 0 Å². The Balaban J connectivity index is 1.83. The molecule has 1 aromatic heterocycles. The highest BCUT2D eigenvalue weighted by atomic mass is 16.5. The minimum atomic E-state index is 0.455. The number of hydrogen-bond donors (Lipinski definition) is 0. The van der Waals surface area contributed by atoms with Crippen LogP contribution >= 0.6 is 0 Å². The smallest absolute Gasteiger partial charge is 0.133 e. The summed E-state index contributed by atoms with van der Waals surface area (Å²) in [7, 11) is 0. The summed E-state index contributed by atoms with van der Waals surface area (Å²) in [5.74, 6) is 1.77. The van der Waals surface area contributed by atoms with Gasteiger partial charge in [-0.25, -0.2) is 0 Å². The molecule has 0 aromatic carbocycles. The predicted octanol–water partition coefficient (Wildman–Crippen LogP) is 3.24. The fourth-order valence-corrected chi connectivity index (χ4v) is 2.68. The van der Waals surface area contributed by atoms with Crippen LogP contribution in [0.5, 0.6) is 0 Å². The summed E-state index contributed by atoms with van der Waals surface area (Å²) in [5, 5.41) is 4.06. The number of aryl methyl sites for hydroxylation is 1. The molecule has 0 aliphatic carbocycles. The molecule has 1 aliphatic heterocycles. The van der Waals surface area contributed by atoms with Gasteiger partial charge >= 0.3 is 0 Å². The molecule has 2 rings (SSSR count). The second-order valence-electron chi connectivity index (χ2n) is 6.35. The molecule has 1 aliphatic rings. The van der Waals surface area contributed by atoms with Crippen LogP contribution in [0.2, 0.25) is 0 Å². The van der Waals surface area contributed by atoms with Crippen LogP contribution in [0, 0.1) is 18.3 Å². The van der Waals surface area contributed by atoms with Gasteiger partial charge < -0.3 is 4.52 Å². The first-order chi connectivity index (χ1) is 7.95. The van der Waals surface area contributed by atoms with E-state index in [1.54, 1.807) is 0 Å². The first kappa shape index (κ1) is 12.6. The van der Waals surface area contributed by atoms with Crippen LogP contribution in [-0.2, 0) is 6.54 Å². The van der Waals surface area contributed by atoms with Gasteiger partial charge in [-0.2, -0.15) is 0 Å². The Hall–Kier alpha value is -0.830. The van der Waals surface area contributed by atoms with E-state index in [2.05, 4.69) is 30.8 Å². The Kier molecular flexibility index (Phi) is 3.57. The van der Waals surface area contributed by atoms with Gasteiger partial charge in [0.2, 0.25) is 0 Å². The predicted molar refractivity (Wildman–Crippen MR) is 68.7 cm³/mol. The summed E-state index contributed by atoms with van der Waals surface area (Å²) in [6.45, 7) is 12.3. The van der Waals surface area contributed by atoms with E-state index in [9.17, 15) is 0 Å². The zero-order valence-corrected chi connectivity index (χ0v) is 11.5. The van der Waals surface area contributed by atoms with E-state index >= 15 is 0 Å². The molecule has 3 nitrogen and oxygen atoms in total. The van der Waals surface area contributed by atoms with E-state index in [-0.39, 0.29) is 0 Å². The van der Waals surface area contributed by atoms with Gasteiger partial charge in [0.1, 0.15) is 5.76 Å². The maximum absolute atomic E-state index is 5.10. The van der Waals surface area contributed by atoms with Crippen LogP contribution in [-0.4, -0.2) is 23.1 Å². The number of rotatable bonds is 2. The van der Waals surface area contributed by atoms with Gasteiger partial charge in [-0.15, -0.1) is 0 Å². The molecule has 17 heavy (non-hydrogen) atoms. The van der Waals surface area contributed by atoms with Crippen molar-refractivity contribution in [2.24, 2.45) is 11.3 Å². The molecular weight excluding hydrogens is 212 g/mol. The van der Waals surface area contributed by atoms with Crippen LogP contribution in [0.15, 0.2) is 10.6 Å². The van der Waals surface area contributed by atoms with Crippen LogP contribution in [0.3, 0.4) is 0 Å². The lowest BCUT2D eigenvalue weighted by Gasteiger charge is -2.38. The van der Waals surface area contributed by atoms with E-state index in [0.717, 1.165) is 23.9 Å². The maximum atomic E-state index is 5.10. The first-order valence-electron chi connectivity index (χ1n) is 6.60. The Bertz CT molecular complexity index is 357. The minimum Gasteiger partial charge on any atom is -0.361 e. The number of aromatic nitrogens is 1. The summed E-state index contributed by atoms with van der Waals surface area (Å²) in [6.07, 6.45) is 2.61. The van der Waals surface area contributed by atoms with Crippen LogP contribution in [0.1, 0.15) is 45.1 Å². The van der Waals surface area contributed by atoms with Gasteiger partial charge in [-0.05, 0) is 44.2 Å². The molecule has 0 atom stereocenters. The van der Waals surface area contributed by atoms with Crippen molar-refractivity contribution in [3.05, 3.63) is 17.5 Å². The summed E-state index contributed by atoms with van der Waals surface area (Å²) in [5.41, 5.74) is 1.52. The monoisotopic (exact) mass is 236 g/mol. The molecule has 0 spiro atoms. The topological polar surface area (TPSA) is 29.3 Å².